The molecule has 0 spiro atoms. The van der Waals surface area contributed by atoms with Gasteiger partial charge in [0, 0.05) is 11.4 Å². The van der Waals surface area contributed by atoms with Crippen molar-refractivity contribution in [1.29, 1.82) is 0 Å². The summed E-state index contributed by atoms with van der Waals surface area (Å²) in [6, 6.07) is 18.7. The van der Waals surface area contributed by atoms with Crippen LogP contribution in [0, 0.1) is 0 Å². The Balaban J connectivity index is 1.43. The van der Waals surface area contributed by atoms with Gasteiger partial charge in [-0.05, 0) is 78.9 Å². The maximum absolute atomic E-state index is 13.0. The van der Waals surface area contributed by atoms with Crippen molar-refractivity contribution in [3.8, 4) is 17.2 Å². The Bertz CT molecular complexity index is 1480. The Kier molecular flexibility index (Phi) is 9.88. The average Bonchev–Trinajstić information content (AvgIpc) is 3.20. The monoisotopic (exact) mass is 595 g/mol. The molecule has 4 amide bonds. The van der Waals surface area contributed by atoms with E-state index in [1.165, 1.54) is 19.3 Å². The molecule has 1 heterocycles. The molecule has 10 nitrogen and oxygen atoms in total. The second kappa shape index (κ2) is 13.7. The van der Waals surface area contributed by atoms with Crippen LogP contribution in [0.15, 0.2) is 71.6 Å². The molecule has 4 rings (SSSR count). The smallest absolute Gasteiger partial charge is 0.294 e. The molecule has 0 aromatic heterocycles. The minimum Gasteiger partial charge on any atom is -0.497 e. The summed E-state index contributed by atoms with van der Waals surface area (Å²) in [5.74, 6) is -0.479. The van der Waals surface area contributed by atoms with Crippen LogP contribution in [0.1, 0.15) is 12.5 Å². The number of rotatable bonds is 11. The molecular weight excluding hydrogens is 570 g/mol. The maximum atomic E-state index is 13.0. The number of methoxy groups -OCH3 is 1. The Labute approximate surface area is 245 Å². The molecule has 2 N–H and O–H groups in total. The number of para-hydroxylation sites is 1. The molecule has 0 saturated carbocycles. The number of hydrogen-bond acceptors (Lipinski definition) is 8. The number of amides is 4. The van der Waals surface area contributed by atoms with Gasteiger partial charge in [-0.15, -0.1) is 0 Å². The van der Waals surface area contributed by atoms with Crippen molar-refractivity contribution < 1.29 is 33.4 Å². The van der Waals surface area contributed by atoms with Crippen molar-refractivity contribution in [3.05, 3.63) is 82.2 Å². The Morgan fingerprint density at radius 1 is 0.951 bits per heavy atom. The number of nitrogens with one attached hydrogen (secondary N) is 2. The fraction of sp³-hybridized carbons (Fsp3) is 0.172. The number of halogens is 1. The van der Waals surface area contributed by atoms with Crippen LogP contribution in [0.25, 0.3) is 6.08 Å². The normalized spacial score (nSPS) is 13.7. The number of carbonyl (C=O) groups excluding carboxylic acids is 4. The zero-order chi connectivity index (χ0) is 29.4. The third-order valence-electron chi connectivity index (χ3n) is 5.58. The van der Waals surface area contributed by atoms with E-state index in [4.69, 9.17) is 25.8 Å². The third kappa shape index (κ3) is 7.80. The van der Waals surface area contributed by atoms with Crippen molar-refractivity contribution in [2.24, 2.45) is 0 Å². The first-order valence-corrected chi connectivity index (χ1v) is 13.6. The van der Waals surface area contributed by atoms with E-state index >= 15 is 0 Å². The van der Waals surface area contributed by atoms with Crippen molar-refractivity contribution in [1.82, 2.24) is 4.90 Å². The summed E-state index contributed by atoms with van der Waals surface area (Å²) >= 11 is 7.17. The molecule has 0 aliphatic carbocycles. The Morgan fingerprint density at radius 3 is 2.32 bits per heavy atom. The molecule has 1 aliphatic heterocycles. The molecule has 0 unspecified atom stereocenters. The highest BCUT2D eigenvalue weighted by Gasteiger charge is 2.36. The molecule has 0 radical (unpaired) electrons. The van der Waals surface area contributed by atoms with Gasteiger partial charge in [0.15, 0.2) is 18.1 Å². The molecule has 1 aliphatic rings. The predicted molar refractivity (Wildman–Crippen MR) is 157 cm³/mol. The second-order valence-electron chi connectivity index (χ2n) is 8.51. The van der Waals surface area contributed by atoms with Gasteiger partial charge >= 0.3 is 0 Å². The molecular formula is C29H26ClN3O7S. The lowest BCUT2D eigenvalue weighted by atomic mass is 10.1. The first-order valence-electron chi connectivity index (χ1n) is 12.4. The van der Waals surface area contributed by atoms with Gasteiger partial charge in [0.25, 0.3) is 17.1 Å². The molecule has 1 saturated heterocycles. The van der Waals surface area contributed by atoms with E-state index in [0.29, 0.717) is 34.4 Å². The van der Waals surface area contributed by atoms with Crippen LogP contribution in [-0.2, 0) is 14.4 Å². The van der Waals surface area contributed by atoms with Crippen molar-refractivity contribution in [3.63, 3.8) is 0 Å². The predicted octanol–water partition coefficient (Wildman–Crippen LogP) is 5.44. The summed E-state index contributed by atoms with van der Waals surface area (Å²) in [5.41, 5.74) is 1.59. The quantitative estimate of drug-likeness (QED) is 0.281. The molecule has 1 fully saturated rings. The van der Waals surface area contributed by atoms with Crippen LogP contribution in [0.5, 0.6) is 17.2 Å². The van der Waals surface area contributed by atoms with E-state index in [1.807, 2.05) is 6.07 Å². The van der Waals surface area contributed by atoms with E-state index < -0.39 is 23.6 Å². The summed E-state index contributed by atoms with van der Waals surface area (Å²) < 4.78 is 16.4. The van der Waals surface area contributed by atoms with E-state index in [1.54, 1.807) is 61.5 Å². The molecule has 3 aromatic carbocycles. The molecule has 0 bridgehead atoms. The van der Waals surface area contributed by atoms with Crippen LogP contribution in [-0.4, -0.2) is 54.7 Å². The first-order chi connectivity index (χ1) is 19.8. The standard InChI is InChI=1S/C29H26ClN3O7S/c1-3-39-23-14-18(13-22(30)27(23)40-17-26(35)32-19-7-5-4-6-8-19)15-24-28(36)33(29(37)41-24)16-25(34)31-20-9-11-21(38-2)12-10-20/h4-15H,3,16-17H2,1-2H3,(H,31,34)(H,32,35)/b24-15+. The summed E-state index contributed by atoms with van der Waals surface area (Å²) in [7, 11) is 1.53. The van der Waals surface area contributed by atoms with Gasteiger partial charge in [-0.1, -0.05) is 29.8 Å². The van der Waals surface area contributed by atoms with Crippen LogP contribution in [0.2, 0.25) is 5.02 Å². The fourth-order valence-corrected chi connectivity index (χ4v) is 4.85. The summed E-state index contributed by atoms with van der Waals surface area (Å²) in [4.78, 5) is 51.3. The minimum absolute atomic E-state index is 0.113. The van der Waals surface area contributed by atoms with Crippen molar-refractivity contribution in [2.45, 2.75) is 6.92 Å². The molecule has 41 heavy (non-hydrogen) atoms. The summed E-state index contributed by atoms with van der Waals surface area (Å²) in [6.45, 7) is 1.29. The zero-order valence-electron chi connectivity index (χ0n) is 22.1. The molecule has 3 aromatic rings. The highest BCUT2D eigenvalue weighted by atomic mass is 35.5. The third-order valence-corrected chi connectivity index (χ3v) is 6.77. The molecule has 12 heteroatoms. The first kappa shape index (κ1) is 29.5. The maximum Gasteiger partial charge on any atom is 0.294 e. The number of ether oxygens (including phenoxy) is 3. The number of carbonyl (C=O) groups is 4. The number of imide groups is 1. The lowest BCUT2D eigenvalue weighted by Gasteiger charge is -2.15. The minimum atomic E-state index is -0.614. The number of hydrogen-bond donors (Lipinski definition) is 2. The van der Waals surface area contributed by atoms with Gasteiger partial charge in [0.1, 0.15) is 12.3 Å². The van der Waals surface area contributed by atoms with Crippen LogP contribution < -0.4 is 24.8 Å². The van der Waals surface area contributed by atoms with E-state index in [2.05, 4.69) is 10.6 Å². The molecule has 212 valence electrons. The molecule has 0 atom stereocenters. The van der Waals surface area contributed by atoms with Gasteiger partial charge < -0.3 is 24.8 Å². The van der Waals surface area contributed by atoms with Crippen LogP contribution in [0.3, 0.4) is 0 Å². The van der Waals surface area contributed by atoms with Gasteiger partial charge in [-0.3, -0.25) is 24.1 Å². The van der Waals surface area contributed by atoms with Crippen LogP contribution >= 0.6 is 23.4 Å². The van der Waals surface area contributed by atoms with E-state index in [-0.39, 0.29) is 40.5 Å². The van der Waals surface area contributed by atoms with E-state index in [9.17, 15) is 19.2 Å². The number of anilines is 2. The van der Waals surface area contributed by atoms with Crippen LogP contribution in [0.4, 0.5) is 16.2 Å². The van der Waals surface area contributed by atoms with Crippen molar-refractivity contribution in [2.75, 3.05) is 37.5 Å². The Hall–Kier alpha value is -4.48. The number of nitrogens with zero attached hydrogens (tertiary/aromatic N) is 1. The lowest BCUT2D eigenvalue weighted by molar-refractivity contribution is -0.127. The fourth-order valence-electron chi connectivity index (χ4n) is 3.74. The highest BCUT2D eigenvalue weighted by molar-refractivity contribution is 8.18. The second-order valence-corrected chi connectivity index (χ2v) is 9.91. The lowest BCUT2D eigenvalue weighted by Crippen LogP contribution is -2.36. The number of benzene rings is 3. The summed E-state index contributed by atoms with van der Waals surface area (Å²) in [6.07, 6.45) is 1.48. The summed E-state index contributed by atoms with van der Waals surface area (Å²) in [5, 5.41) is 4.94. The SMILES string of the molecule is CCOc1cc(/C=C2/SC(=O)N(CC(=O)Nc3ccc(OC)cc3)C2=O)cc(Cl)c1OCC(=O)Nc1ccccc1. The Morgan fingerprint density at radius 2 is 1.63 bits per heavy atom. The average molecular weight is 596 g/mol. The largest absolute Gasteiger partial charge is 0.497 e. The van der Waals surface area contributed by atoms with Gasteiger partial charge in [0.2, 0.25) is 5.91 Å². The number of thioether (sulfide) groups is 1. The topological polar surface area (TPSA) is 123 Å². The van der Waals surface area contributed by atoms with Gasteiger partial charge in [0.05, 0.1) is 23.6 Å². The van der Waals surface area contributed by atoms with Gasteiger partial charge in [-0.25, -0.2) is 0 Å². The zero-order valence-corrected chi connectivity index (χ0v) is 23.7. The van der Waals surface area contributed by atoms with Crippen molar-refractivity contribution >= 4 is 63.8 Å². The van der Waals surface area contributed by atoms with E-state index in [0.717, 1.165) is 4.90 Å². The highest BCUT2D eigenvalue weighted by Crippen LogP contribution is 2.39. The van der Waals surface area contributed by atoms with Gasteiger partial charge in [-0.2, -0.15) is 0 Å².